The summed E-state index contributed by atoms with van der Waals surface area (Å²) in [6.45, 7) is 9.65. The summed E-state index contributed by atoms with van der Waals surface area (Å²) in [5.74, 6) is 0. The monoisotopic (exact) mass is 367 g/mol. The molecule has 0 aliphatic rings. The summed E-state index contributed by atoms with van der Waals surface area (Å²) in [7, 11) is 0. The van der Waals surface area contributed by atoms with Crippen molar-refractivity contribution in [1.29, 1.82) is 0 Å². The van der Waals surface area contributed by atoms with Gasteiger partial charge in [0, 0.05) is 22.0 Å². The predicted octanol–water partition coefficient (Wildman–Crippen LogP) is 4.60. The molecule has 1 aromatic carbocycles. The average Bonchev–Trinajstić information content (AvgIpc) is 2.85. The second-order valence-corrected chi connectivity index (χ2v) is 8.07. The Morgan fingerprint density at radius 2 is 2.00 bits per heavy atom. The Bertz CT molecular complexity index is 602. The lowest BCUT2D eigenvalue weighted by molar-refractivity contribution is 0.422. The summed E-state index contributed by atoms with van der Waals surface area (Å²) in [4.78, 5) is 0. The highest BCUT2D eigenvalue weighted by atomic mass is 79.9. The Morgan fingerprint density at radius 1 is 1.24 bits per heavy atom. The standard InChI is InChI=1S/C16H22BrN3S/c1-11-7-5-8-12(14(11)17)15-20-19-13(21-15)9-6-10-18-16(2,3)4/h5,7-8,18H,6,9-10H2,1-4H3. The maximum absolute atomic E-state index is 4.33. The molecule has 2 aromatic rings. The van der Waals surface area contributed by atoms with Gasteiger partial charge in [-0.1, -0.05) is 29.5 Å². The topological polar surface area (TPSA) is 37.8 Å². The Kier molecular flexibility index (Phi) is 5.52. The molecule has 0 fully saturated rings. The van der Waals surface area contributed by atoms with E-state index in [4.69, 9.17) is 0 Å². The Balaban J connectivity index is 1.97. The highest BCUT2D eigenvalue weighted by Gasteiger charge is 2.12. The molecule has 1 N–H and O–H groups in total. The summed E-state index contributed by atoms with van der Waals surface area (Å²) in [5, 5.41) is 14.2. The van der Waals surface area contributed by atoms with Crippen LogP contribution in [0.5, 0.6) is 0 Å². The Morgan fingerprint density at radius 3 is 2.71 bits per heavy atom. The van der Waals surface area contributed by atoms with Gasteiger partial charge in [0.05, 0.1) is 0 Å². The Labute approximate surface area is 139 Å². The van der Waals surface area contributed by atoms with Crippen LogP contribution in [0.25, 0.3) is 10.6 Å². The molecule has 0 saturated heterocycles. The molecule has 0 amide bonds. The van der Waals surface area contributed by atoms with Gasteiger partial charge in [0.15, 0.2) is 0 Å². The third-order valence-electron chi connectivity index (χ3n) is 3.11. The van der Waals surface area contributed by atoms with Crippen molar-refractivity contribution < 1.29 is 0 Å². The van der Waals surface area contributed by atoms with Gasteiger partial charge in [-0.3, -0.25) is 0 Å². The molecule has 0 unspecified atom stereocenters. The van der Waals surface area contributed by atoms with E-state index in [0.29, 0.717) is 0 Å². The molecule has 21 heavy (non-hydrogen) atoms. The first kappa shape index (κ1) is 16.6. The maximum atomic E-state index is 4.33. The molecule has 0 aliphatic carbocycles. The first-order chi connectivity index (χ1) is 9.87. The summed E-state index contributed by atoms with van der Waals surface area (Å²) in [6.07, 6.45) is 2.06. The van der Waals surface area contributed by atoms with E-state index >= 15 is 0 Å². The van der Waals surface area contributed by atoms with Crippen LogP contribution in [0.15, 0.2) is 22.7 Å². The van der Waals surface area contributed by atoms with E-state index in [0.717, 1.165) is 39.4 Å². The number of halogens is 1. The lowest BCUT2D eigenvalue weighted by atomic mass is 10.1. The predicted molar refractivity (Wildman–Crippen MR) is 93.9 cm³/mol. The van der Waals surface area contributed by atoms with Crippen molar-refractivity contribution >= 4 is 27.3 Å². The molecule has 2 rings (SSSR count). The number of aromatic nitrogens is 2. The summed E-state index contributed by atoms with van der Waals surface area (Å²) in [5.41, 5.74) is 2.53. The second kappa shape index (κ2) is 6.99. The summed E-state index contributed by atoms with van der Waals surface area (Å²) in [6, 6.07) is 6.24. The molecule has 114 valence electrons. The van der Waals surface area contributed by atoms with Crippen LogP contribution in [0.1, 0.15) is 37.8 Å². The van der Waals surface area contributed by atoms with Crippen LogP contribution in [0.4, 0.5) is 0 Å². The number of benzene rings is 1. The molecular weight excluding hydrogens is 346 g/mol. The summed E-state index contributed by atoms with van der Waals surface area (Å²) < 4.78 is 1.11. The van der Waals surface area contributed by atoms with Crippen molar-refractivity contribution in [2.24, 2.45) is 0 Å². The van der Waals surface area contributed by atoms with Crippen molar-refractivity contribution in [1.82, 2.24) is 15.5 Å². The van der Waals surface area contributed by atoms with Gasteiger partial charge in [0.1, 0.15) is 10.0 Å². The molecular formula is C16H22BrN3S. The van der Waals surface area contributed by atoms with Gasteiger partial charge < -0.3 is 5.32 Å². The average molecular weight is 368 g/mol. The van der Waals surface area contributed by atoms with Crippen molar-refractivity contribution in [2.45, 2.75) is 46.1 Å². The zero-order valence-corrected chi connectivity index (χ0v) is 15.4. The van der Waals surface area contributed by atoms with Crippen molar-refractivity contribution in [3.8, 4) is 10.6 Å². The first-order valence-corrected chi connectivity index (χ1v) is 8.81. The van der Waals surface area contributed by atoms with Crippen molar-refractivity contribution in [3.05, 3.63) is 33.2 Å². The largest absolute Gasteiger partial charge is 0.312 e. The van der Waals surface area contributed by atoms with E-state index in [-0.39, 0.29) is 5.54 Å². The van der Waals surface area contributed by atoms with E-state index in [1.807, 2.05) is 0 Å². The molecule has 0 saturated carbocycles. The van der Waals surface area contributed by atoms with Crippen LogP contribution < -0.4 is 5.32 Å². The van der Waals surface area contributed by atoms with E-state index < -0.39 is 0 Å². The number of hydrogen-bond acceptors (Lipinski definition) is 4. The molecule has 0 aliphatic heterocycles. The van der Waals surface area contributed by atoms with Crippen LogP contribution in [-0.2, 0) is 6.42 Å². The van der Waals surface area contributed by atoms with Crippen molar-refractivity contribution in [2.75, 3.05) is 6.54 Å². The van der Waals surface area contributed by atoms with Crippen molar-refractivity contribution in [3.63, 3.8) is 0 Å². The number of aryl methyl sites for hydroxylation is 2. The summed E-state index contributed by atoms with van der Waals surface area (Å²) >= 11 is 5.33. The van der Waals surface area contributed by atoms with Gasteiger partial charge in [-0.25, -0.2) is 0 Å². The SMILES string of the molecule is Cc1cccc(-c2nnc(CCCNC(C)(C)C)s2)c1Br. The van der Waals surface area contributed by atoms with Gasteiger partial charge in [0.2, 0.25) is 0 Å². The lowest BCUT2D eigenvalue weighted by Crippen LogP contribution is -2.36. The molecule has 0 bridgehead atoms. The molecule has 5 heteroatoms. The zero-order chi connectivity index (χ0) is 15.5. The lowest BCUT2D eigenvalue weighted by Gasteiger charge is -2.20. The fraction of sp³-hybridized carbons (Fsp3) is 0.500. The molecule has 3 nitrogen and oxygen atoms in total. The van der Waals surface area contributed by atoms with Crippen LogP contribution in [0.2, 0.25) is 0 Å². The quantitative estimate of drug-likeness (QED) is 0.784. The minimum Gasteiger partial charge on any atom is -0.312 e. The van der Waals surface area contributed by atoms with Gasteiger partial charge in [-0.2, -0.15) is 0 Å². The minimum absolute atomic E-state index is 0.179. The van der Waals surface area contributed by atoms with Crippen LogP contribution in [0, 0.1) is 6.92 Å². The van der Waals surface area contributed by atoms with Crippen LogP contribution in [0.3, 0.4) is 0 Å². The highest BCUT2D eigenvalue weighted by Crippen LogP contribution is 2.32. The van der Waals surface area contributed by atoms with E-state index in [2.05, 4.69) is 77.3 Å². The number of nitrogens with one attached hydrogen (secondary N) is 1. The zero-order valence-electron chi connectivity index (χ0n) is 13.0. The third-order valence-corrected chi connectivity index (χ3v) is 5.18. The normalized spacial score (nSPS) is 11.9. The Hall–Kier alpha value is -0.780. The number of hydrogen-bond donors (Lipinski definition) is 1. The molecule has 1 aromatic heterocycles. The number of nitrogens with zero attached hydrogens (tertiary/aromatic N) is 2. The second-order valence-electron chi connectivity index (χ2n) is 6.22. The highest BCUT2D eigenvalue weighted by molar-refractivity contribution is 9.10. The van der Waals surface area contributed by atoms with Gasteiger partial charge in [-0.05, 0) is 62.2 Å². The molecule has 0 atom stereocenters. The van der Waals surface area contributed by atoms with Crippen LogP contribution in [-0.4, -0.2) is 22.3 Å². The van der Waals surface area contributed by atoms with Gasteiger partial charge >= 0.3 is 0 Å². The van der Waals surface area contributed by atoms with Crippen LogP contribution >= 0.6 is 27.3 Å². The molecule has 0 radical (unpaired) electrons. The third kappa shape index (κ3) is 4.87. The number of rotatable bonds is 5. The van der Waals surface area contributed by atoms with Gasteiger partial charge in [0.25, 0.3) is 0 Å². The maximum Gasteiger partial charge on any atom is 0.148 e. The first-order valence-electron chi connectivity index (χ1n) is 7.20. The smallest absolute Gasteiger partial charge is 0.148 e. The fourth-order valence-corrected chi connectivity index (χ4v) is 3.48. The molecule has 1 heterocycles. The van der Waals surface area contributed by atoms with E-state index in [1.165, 1.54) is 5.56 Å². The minimum atomic E-state index is 0.179. The molecule has 0 spiro atoms. The fourth-order valence-electron chi connectivity index (χ4n) is 1.98. The van der Waals surface area contributed by atoms with E-state index in [1.54, 1.807) is 11.3 Å². The van der Waals surface area contributed by atoms with Gasteiger partial charge in [-0.15, -0.1) is 10.2 Å². The van der Waals surface area contributed by atoms with E-state index in [9.17, 15) is 0 Å².